The minimum Gasteiger partial charge on any atom is -0.497 e. The molecule has 32 heavy (non-hydrogen) atoms. The lowest BCUT2D eigenvalue weighted by molar-refractivity contribution is 0.101. The van der Waals surface area contributed by atoms with E-state index in [2.05, 4.69) is 25.3 Å². The van der Waals surface area contributed by atoms with Crippen molar-refractivity contribution < 1.29 is 17.9 Å². The number of nitrogens with one attached hydrogen (secondary N) is 3. The highest BCUT2D eigenvalue weighted by Gasteiger charge is 2.14. The molecule has 0 saturated heterocycles. The van der Waals surface area contributed by atoms with Gasteiger partial charge in [-0.25, -0.2) is 18.1 Å². The number of nitrogens with zero attached hydrogens (tertiary/aromatic N) is 2. The van der Waals surface area contributed by atoms with Crippen molar-refractivity contribution in [2.24, 2.45) is 0 Å². The Balaban J connectivity index is 1.56. The average molecular weight is 456 g/mol. The maximum absolute atomic E-state index is 12.4. The number of ether oxygens (including phenoxy) is 1. The molecule has 0 bridgehead atoms. The third kappa shape index (κ3) is 6.25. The average Bonchev–Trinajstić information content (AvgIpc) is 2.77. The van der Waals surface area contributed by atoms with Crippen LogP contribution >= 0.6 is 0 Å². The third-order valence-corrected chi connectivity index (χ3v) is 5.96. The number of aromatic nitrogens is 2. The standard InChI is InChI=1S/C22H25N5O4S/c1-15-14-21(26-18-6-8-19(31-3)9-7-18)27-22(25-15)23-12-13-24-32(29,30)20-10-4-17(5-11-20)16(2)28/h4-11,14,24H,12-13H2,1-3H3,(H2,23,25,26,27). The molecule has 0 radical (unpaired) electrons. The van der Waals surface area contributed by atoms with E-state index < -0.39 is 10.0 Å². The molecule has 0 unspecified atom stereocenters. The normalized spacial score (nSPS) is 11.1. The highest BCUT2D eigenvalue weighted by atomic mass is 32.2. The second-order valence-electron chi connectivity index (χ2n) is 6.98. The van der Waals surface area contributed by atoms with Crippen LogP contribution in [0.1, 0.15) is 23.0 Å². The zero-order chi connectivity index (χ0) is 23.1. The van der Waals surface area contributed by atoms with Gasteiger partial charge in [-0.1, -0.05) is 12.1 Å². The molecule has 0 saturated carbocycles. The van der Waals surface area contributed by atoms with Gasteiger partial charge in [0.15, 0.2) is 5.78 Å². The summed E-state index contributed by atoms with van der Waals surface area (Å²) in [5, 5.41) is 6.23. The van der Waals surface area contributed by atoms with Gasteiger partial charge >= 0.3 is 0 Å². The highest BCUT2D eigenvalue weighted by molar-refractivity contribution is 7.89. The van der Waals surface area contributed by atoms with Gasteiger partial charge < -0.3 is 15.4 Å². The Morgan fingerprint density at radius 1 is 1.00 bits per heavy atom. The van der Waals surface area contributed by atoms with Gasteiger partial charge in [-0.2, -0.15) is 4.98 Å². The van der Waals surface area contributed by atoms with Crippen molar-refractivity contribution in [2.75, 3.05) is 30.8 Å². The number of carbonyl (C=O) groups is 1. The van der Waals surface area contributed by atoms with Crippen molar-refractivity contribution in [1.29, 1.82) is 0 Å². The molecule has 3 aromatic rings. The lowest BCUT2D eigenvalue weighted by atomic mass is 10.2. The molecule has 3 N–H and O–H groups in total. The Bertz CT molecular complexity index is 1180. The second kappa shape index (κ2) is 10.2. The molecule has 0 aliphatic carbocycles. The molecule has 10 heteroatoms. The summed E-state index contributed by atoms with van der Waals surface area (Å²) in [6.45, 7) is 3.70. The number of anilines is 3. The van der Waals surface area contributed by atoms with Crippen LogP contribution in [0.5, 0.6) is 5.75 Å². The zero-order valence-electron chi connectivity index (χ0n) is 18.0. The van der Waals surface area contributed by atoms with Crippen LogP contribution in [0.4, 0.5) is 17.5 Å². The van der Waals surface area contributed by atoms with Gasteiger partial charge in [-0.15, -0.1) is 0 Å². The number of carbonyl (C=O) groups excluding carboxylic acids is 1. The number of sulfonamides is 1. The van der Waals surface area contributed by atoms with Crippen molar-refractivity contribution in [3.8, 4) is 5.75 Å². The van der Waals surface area contributed by atoms with Crippen LogP contribution < -0.4 is 20.1 Å². The first-order chi connectivity index (χ1) is 15.3. The Labute approximate surface area is 187 Å². The predicted molar refractivity (Wildman–Crippen MR) is 123 cm³/mol. The van der Waals surface area contributed by atoms with Crippen molar-refractivity contribution in [1.82, 2.24) is 14.7 Å². The molecular formula is C22H25N5O4S. The van der Waals surface area contributed by atoms with E-state index in [0.717, 1.165) is 17.1 Å². The molecule has 3 rings (SSSR count). The lowest BCUT2D eigenvalue weighted by Crippen LogP contribution is -2.29. The highest BCUT2D eigenvalue weighted by Crippen LogP contribution is 2.20. The first-order valence-electron chi connectivity index (χ1n) is 9.88. The zero-order valence-corrected chi connectivity index (χ0v) is 18.9. The maximum Gasteiger partial charge on any atom is 0.240 e. The number of methoxy groups -OCH3 is 1. The van der Waals surface area contributed by atoms with Crippen molar-refractivity contribution in [2.45, 2.75) is 18.7 Å². The van der Waals surface area contributed by atoms with Gasteiger partial charge in [-0.05, 0) is 50.2 Å². The van der Waals surface area contributed by atoms with Gasteiger partial charge in [0.05, 0.1) is 12.0 Å². The Morgan fingerprint density at radius 3 is 2.31 bits per heavy atom. The second-order valence-corrected chi connectivity index (χ2v) is 8.74. The number of rotatable bonds is 10. The first-order valence-corrected chi connectivity index (χ1v) is 11.4. The molecule has 1 heterocycles. The molecule has 0 fully saturated rings. The minimum absolute atomic E-state index is 0.0975. The van der Waals surface area contributed by atoms with Crippen LogP contribution in [0, 0.1) is 6.92 Å². The fraction of sp³-hybridized carbons (Fsp3) is 0.227. The van der Waals surface area contributed by atoms with E-state index in [1.807, 2.05) is 37.3 Å². The topological polar surface area (TPSA) is 122 Å². The molecule has 0 spiro atoms. The number of benzene rings is 2. The SMILES string of the molecule is COc1ccc(Nc2cc(C)nc(NCCNS(=O)(=O)c3ccc(C(C)=O)cc3)n2)cc1. The largest absolute Gasteiger partial charge is 0.497 e. The van der Waals surface area contributed by atoms with Gasteiger partial charge in [0.2, 0.25) is 16.0 Å². The van der Waals surface area contributed by atoms with E-state index in [1.54, 1.807) is 7.11 Å². The summed E-state index contributed by atoms with van der Waals surface area (Å²) < 4.78 is 32.5. The summed E-state index contributed by atoms with van der Waals surface area (Å²) in [5.74, 6) is 1.63. The molecular weight excluding hydrogens is 430 g/mol. The fourth-order valence-corrected chi connectivity index (χ4v) is 3.88. The summed E-state index contributed by atoms with van der Waals surface area (Å²) >= 11 is 0. The summed E-state index contributed by atoms with van der Waals surface area (Å²) in [6.07, 6.45) is 0. The van der Waals surface area contributed by atoms with E-state index in [0.29, 0.717) is 17.3 Å². The molecule has 0 aliphatic heterocycles. The number of hydrogen-bond donors (Lipinski definition) is 3. The van der Waals surface area contributed by atoms with Crippen LogP contribution in [-0.4, -0.2) is 44.4 Å². The van der Waals surface area contributed by atoms with E-state index in [1.165, 1.54) is 31.2 Å². The minimum atomic E-state index is -3.68. The molecule has 0 atom stereocenters. The van der Waals surface area contributed by atoms with Crippen molar-refractivity contribution in [3.63, 3.8) is 0 Å². The van der Waals surface area contributed by atoms with Crippen LogP contribution in [0.15, 0.2) is 59.5 Å². The van der Waals surface area contributed by atoms with Gasteiger partial charge in [0.1, 0.15) is 11.6 Å². The first kappa shape index (κ1) is 23.2. The third-order valence-electron chi connectivity index (χ3n) is 4.49. The summed E-state index contributed by atoms with van der Waals surface area (Å²) in [5.41, 5.74) is 2.06. The summed E-state index contributed by atoms with van der Waals surface area (Å²) in [7, 11) is -2.08. The van der Waals surface area contributed by atoms with E-state index in [-0.39, 0.29) is 23.8 Å². The Kier molecular flexibility index (Phi) is 7.39. The summed E-state index contributed by atoms with van der Waals surface area (Å²) in [4.78, 5) is 20.2. The predicted octanol–water partition coefficient (Wildman–Crippen LogP) is 3.13. The number of aryl methyl sites for hydroxylation is 1. The van der Waals surface area contributed by atoms with Crippen LogP contribution in [0.2, 0.25) is 0 Å². The van der Waals surface area contributed by atoms with E-state index in [9.17, 15) is 13.2 Å². The molecule has 9 nitrogen and oxygen atoms in total. The Hall–Kier alpha value is -3.50. The monoisotopic (exact) mass is 455 g/mol. The van der Waals surface area contributed by atoms with E-state index >= 15 is 0 Å². The number of ketones is 1. The molecule has 1 aromatic heterocycles. The smallest absolute Gasteiger partial charge is 0.240 e. The molecule has 0 aliphatic rings. The lowest BCUT2D eigenvalue weighted by Gasteiger charge is -2.11. The van der Waals surface area contributed by atoms with Crippen LogP contribution in [-0.2, 0) is 10.0 Å². The quantitative estimate of drug-likeness (QED) is 0.315. The van der Waals surface area contributed by atoms with Gasteiger partial charge in [-0.3, -0.25) is 4.79 Å². The van der Waals surface area contributed by atoms with Crippen molar-refractivity contribution in [3.05, 3.63) is 65.9 Å². The Morgan fingerprint density at radius 2 is 1.69 bits per heavy atom. The van der Waals surface area contributed by atoms with Crippen molar-refractivity contribution >= 4 is 33.3 Å². The van der Waals surface area contributed by atoms with Crippen LogP contribution in [0.25, 0.3) is 0 Å². The van der Waals surface area contributed by atoms with Crippen LogP contribution in [0.3, 0.4) is 0 Å². The molecule has 2 aromatic carbocycles. The summed E-state index contributed by atoms with van der Waals surface area (Å²) in [6, 6.07) is 15.1. The number of Topliss-reactive ketones (excluding diaryl/α,β-unsaturated/α-hetero) is 1. The van der Waals surface area contributed by atoms with Gasteiger partial charge in [0.25, 0.3) is 0 Å². The molecule has 0 amide bonds. The maximum atomic E-state index is 12.4. The molecule has 168 valence electrons. The fourth-order valence-electron chi connectivity index (χ4n) is 2.85. The van der Waals surface area contributed by atoms with Gasteiger partial charge in [0, 0.05) is 36.1 Å². The number of hydrogen-bond acceptors (Lipinski definition) is 8. The van der Waals surface area contributed by atoms with E-state index in [4.69, 9.17) is 4.74 Å².